The molecule has 2 aliphatic rings. The Morgan fingerprint density at radius 3 is 2.54 bits per heavy atom. The molecule has 156 valence electrons. The Hall–Kier alpha value is -1.77. The molecule has 3 rings (SSSR count). The molecule has 9 heteroatoms. The predicted octanol–water partition coefficient (Wildman–Crippen LogP) is 1.36. The summed E-state index contributed by atoms with van der Waals surface area (Å²) in [6.45, 7) is 3.68. The number of guanidine groups is 1. The summed E-state index contributed by atoms with van der Waals surface area (Å²) in [5.74, 6) is 3.64. The molecule has 1 aliphatic heterocycles. The summed E-state index contributed by atoms with van der Waals surface area (Å²) in [6, 6.07) is 0.407. The molecule has 28 heavy (non-hydrogen) atoms. The van der Waals surface area contributed by atoms with Crippen LogP contribution in [-0.4, -0.2) is 75.8 Å². The number of aryl methyl sites for hydroxylation is 1. The second kappa shape index (κ2) is 11.3. The number of nitrogens with one attached hydrogen (secondary N) is 2. The Bertz CT molecular complexity index is 608. The number of aromatic nitrogens is 3. The third-order valence-corrected chi connectivity index (χ3v) is 6.51. The summed E-state index contributed by atoms with van der Waals surface area (Å²) < 4.78 is 2.00. The zero-order valence-electron chi connectivity index (χ0n) is 16.8. The minimum atomic E-state index is 0.216. The van der Waals surface area contributed by atoms with E-state index in [4.69, 9.17) is 0 Å². The van der Waals surface area contributed by atoms with Crippen molar-refractivity contribution in [2.45, 2.75) is 51.1 Å². The summed E-state index contributed by atoms with van der Waals surface area (Å²) in [5.41, 5.74) is 0. The van der Waals surface area contributed by atoms with Gasteiger partial charge in [0.25, 0.3) is 0 Å². The van der Waals surface area contributed by atoms with Gasteiger partial charge in [0.1, 0.15) is 12.7 Å². The van der Waals surface area contributed by atoms with Gasteiger partial charge in [-0.05, 0) is 38.5 Å². The number of carbonyl (C=O) groups excluding carboxylic acids is 1. The van der Waals surface area contributed by atoms with Gasteiger partial charge in [-0.1, -0.05) is 0 Å². The molecular weight excluding hydrogens is 374 g/mol. The first kappa shape index (κ1) is 21.0. The van der Waals surface area contributed by atoms with Crippen LogP contribution in [0, 0.1) is 5.92 Å². The predicted molar refractivity (Wildman–Crippen MR) is 113 cm³/mol. The lowest BCUT2D eigenvalue weighted by atomic mass is 9.85. The number of hydrogen-bond donors (Lipinski definition) is 2. The molecule has 8 nitrogen and oxygen atoms in total. The van der Waals surface area contributed by atoms with Gasteiger partial charge in [-0.25, -0.2) is 0 Å². The van der Waals surface area contributed by atoms with Crippen molar-refractivity contribution in [3.05, 3.63) is 12.7 Å². The smallest absolute Gasteiger partial charge is 0.225 e. The van der Waals surface area contributed by atoms with Gasteiger partial charge in [-0.2, -0.15) is 11.8 Å². The molecule has 2 N–H and O–H groups in total. The first-order chi connectivity index (χ1) is 13.8. The van der Waals surface area contributed by atoms with E-state index in [9.17, 15) is 4.79 Å². The summed E-state index contributed by atoms with van der Waals surface area (Å²) in [4.78, 5) is 19.1. The van der Waals surface area contributed by atoms with Gasteiger partial charge in [-0.15, -0.1) is 10.2 Å². The minimum absolute atomic E-state index is 0.216. The maximum atomic E-state index is 12.7. The molecule has 1 amide bonds. The number of thioether (sulfide) groups is 1. The van der Waals surface area contributed by atoms with E-state index in [0.29, 0.717) is 11.9 Å². The summed E-state index contributed by atoms with van der Waals surface area (Å²) >= 11 is 1.95. The van der Waals surface area contributed by atoms with Crippen LogP contribution in [0.5, 0.6) is 0 Å². The molecule has 1 aromatic heterocycles. The summed E-state index contributed by atoms with van der Waals surface area (Å²) in [5, 5.41) is 14.6. The summed E-state index contributed by atoms with van der Waals surface area (Å²) in [7, 11) is 1.82. The van der Waals surface area contributed by atoms with Gasteiger partial charge in [0.05, 0.1) is 0 Å². The van der Waals surface area contributed by atoms with E-state index in [1.807, 2.05) is 23.4 Å². The molecule has 1 aromatic rings. The van der Waals surface area contributed by atoms with Crippen LogP contribution in [0.1, 0.15) is 38.5 Å². The molecule has 1 saturated heterocycles. The van der Waals surface area contributed by atoms with Crippen molar-refractivity contribution in [2.75, 3.05) is 38.2 Å². The molecular formula is C19H33N7OS. The number of aliphatic imine (C=N–C) groups is 1. The Kier molecular flexibility index (Phi) is 8.44. The molecule has 0 atom stereocenters. The van der Waals surface area contributed by atoms with Crippen LogP contribution >= 0.6 is 11.8 Å². The van der Waals surface area contributed by atoms with E-state index in [1.54, 1.807) is 12.7 Å². The van der Waals surface area contributed by atoms with Crippen molar-refractivity contribution < 1.29 is 4.79 Å². The van der Waals surface area contributed by atoms with Crippen molar-refractivity contribution in [3.8, 4) is 0 Å². The lowest BCUT2D eigenvalue weighted by Gasteiger charge is -2.34. The van der Waals surface area contributed by atoms with Crippen LogP contribution in [0.15, 0.2) is 17.6 Å². The highest BCUT2D eigenvalue weighted by atomic mass is 32.2. The second-order valence-corrected chi connectivity index (χ2v) is 8.76. The van der Waals surface area contributed by atoms with Gasteiger partial charge in [0.2, 0.25) is 5.91 Å². The second-order valence-electron chi connectivity index (χ2n) is 7.54. The number of nitrogens with zero attached hydrogens (tertiary/aromatic N) is 5. The average molecular weight is 408 g/mol. The molecule has 0 unspecified atom stereocenters. The molecule has 0 radical (unpaired) electrons. The normalized spacial score (nSPS) is 23.5. The summed E-state index contributed by atoms with van der Waals surface area (Å²) in [6.07, 6.45) is 9.67. The van der Waals surface area contributed by atoms with Crippen molar-refractivity contribution in [2.24, 2.45) is 10.9 Å². The number of amides is 1. The van der Waals surface area contributed by atoms with E-state index in [2.05, 4.69) is 30.7 Å². The maximum Gasteiger partial charge on any atom is 0.225 e. The van der Waals surface area contributed by atoms with Gasteiger partial charge >= 0.3 is 0 Å². The van der Waals surface area contributed by atoms with E-state index in [0.717, 1.165) is 82.2 Å². The molecule has 0 bridgehead atoms. The van der Waals surface area contributed by atoms with Crippen LogP contribution < -0.4 is 10.6 Å². The highest BCUT2D eigenvalue weighted by molar-refractivity contribution is 7.99. The monoisotopic (exact) mass is 407 g/mol. The number of rotatable bonds is 7. The van der Waals surface area contributed by atoms with Gasteiger partial charge in [0.15, 0.2) is 5.96 Å². The largest absolute Gasteiger partial charge is 0.356 e. The first-order valence-electron chi connectivity index (χ1n) is 10.4. The van der Waals surface area contributed by atoms with Crippen molar-refractivity contribution in [3.63, 3.8) is 0 Å². The van der Waals surface area contributed by atoms with Crippen LogP contribution in [0.3, 0.4) is 0 Å². The topological polar surface area (TPSA) is 87.4 Å². The molecule has 2 heterocycles. The lowest BCUT2D eigenvalue weighted by molar-refractivity contribution is -0.136. The molecule has 1 aliphatic carbocycles. The fourth-order valence-electron chi connectivity index (χ4n) is 3.88. The zero-order valence-corrected chi connectivity index (χ0v) is 17.7. The maximum absolute atomic E-state index is 12.7. The fraction of sp³-hybridized carbons (Fsp3) is 0.789. The Labute approximate surface area is 171 Å². The van der Waals surface area contributed by atoms with Gasteiger partial charge < -0.3 is 20.1 Å². The Morgan fingerprint density at radius 2 is 1.86 bits per heavy atom. The van der Waals surface area contributed by atoms with Gasteiger partial charge in [0, 0.05) is 56.7 Å². The third-order valence-electron chi connectivity index (χ3n) is 5.57. The van der Waals surface area contributed by atoms with Crippen molar-refractivity contribution >= 4 is 23.6 Å². The van der Waals surface area contributed by atoms with Crippen LogP contribution in [0.25, 0.3) is 0 Å². The Morgan fingerprint density at radius 1 is 1.14 bits per heavy atom. The fourth-order valence-corrected chi connectivity index (χ4v) is 4.78. The first-order valence-corrected chi connectivity index (χ1v) is 11.6. The lowest BCUT2D eigenvalue weighted by Crippen LogP contribution is -2.47. The van der Waals surface area contributed by atoms with Crippen molar-refractivity contribution in [1.82, 2.24) is 30.3 Å². The standard InChI is InChI=1S/C19H33N7OS/c1-20-19(21-8-2-3-9-25-14-22-23-15-25)24-17-6-4-16(5-7-17)18(27)26-10-12-28-13-11-26/h14-17H,2-13H2,1H3,(H2,20,21,24). The Balaban J connectivity index is 1.30. The zero-order chi connectivity index (χ0) is 19.6. The quantitative estimate of drug-likeness (QED) is 0.403. The van der Waals surface area contributed by atoms with Crippen LogP contribution in [-0.2, 0) is 11.3 Å². The molecule has 0 aromatic carbocycles. The number of hydrogen-bond acceptors (Lipinski definition) is 5. The average Bonchev–Trinajstić information content (AvgIpc) is 3.27. The number of carbonyl (C=O) groups is 1. The van der Waals surface area contributed by atoms with Gasteiger partial charge in [-0.3, -0.25) is 9.79 Å². The third kappa shape index (κ3) is 6.39. The van der Waals surface area contributed by atoms with E-state index < -0.39 is 0 Å². The SMILES string of the molecule is CN=C(NCCCCn1cnnc1)NC1CCC(C(=O)N2CCSCC2)CC1. The van der Waals surface area contributed by atoms with E-state index in [-0.39, 0.29) is 5.92 Å². The van der Waals surface area contributed by atoms with E-state index in [1.165, 1.54) is 0 Å². The molecule has 0 spiro atoms. The van der Waals surface area contributed by atoms with Crippen molar-refractivity contribution in [1.29, 1.82) is 0 Å². The molecule has 2 fully saturated rings. The minimum Gasteiger partial charge on any atom is -0.356 e. The highest BCUT2D eigenvalue weighted by Crippen LogP contribution is 2.27. The van der Waals surface area contributed by atoms with Crippen LogP contribution in [0.4, 0.5) is 0 Å². The number of unbranched alkanes of at least 4 members (excludes halogenated alkanes) is 1. The highest BCUT2D eigenvalue weighted by Gasteiger charge is 2.30. The van der Waals surface area contributed by atoms with Crippen LogP contribution in [0.2, 0.25) is 0 Å². The molecule has 1 saturated carbocycles. The van der Waals surface area contributed by atoms with E-state index >= 15 is 0 Å².